The third-order valence-electron chi connectivity index (χ3n) is 4.79. The van der Waals surface area contributed by atoms with E-state index in [-0.39, 0.29) is 17.3 Å². The van der Waals surface area contributed by atoms with Crippen LogP contribution >= 0.6 is 0 Å². The first-order chi connectivity index (χ1) is 14.0. The second kappa shape index (κ2) is 8.30. The second-order valence-electron chi connectivity index (χ2n) is 6.85. The van der Waals surface area contributed by atoms with Gasteiger partial charge in [-0.05, 0) is 55.3 Å². The third-order valence-corrected chi connectivity index (χ3v) is 6.68. The molecule has 1 saturated heterocycles. The Hall–Kier alpha value is -2.78. The quantitative estimate of drug-likeness (QED) is 0.660. The summed E-state index contributed by atoms with van der Waals surface area (Å²) in [5.41, 5.74) is 1.27. The molecule has 0 amide bonds. The van der Waals surface area contributed by atoms with Gasteiger partial charge in [0.2, 0.25) is 21.8 Å². The largest absolute Gasteiger partial charge is 0.419 e. The Labute approximate surface area is 168 Å². The predicted molar refractivity (Wildman–Crippen MR) is 106 cm³/mol. The summed E-state index contributed by atoms with van der Waals surface area (Å²) < 4.78 is 45.8. The normalized spacial score (nSPS) is 15.3. The fourth-order valence-corrected chi connectivity index (χ4v) is 4.80. The lowest BCUT2D eigenvalue weighted by atomic mass is 10.2. The number of halogens is 1. The van der Waals surface area contributed by atoms with Crippen LogP contribution in [0.15, 0.2) is 57.8 Å². The predicted octanol–water partition coefficient (Wildman–Crippen LogP) is 3.66. The van der Waals surface area contributed by atoms with E-state index in [4.69, 9.17) is 4.42 Å². The molecule has 1 aromatic heterocycles. The van der Waals surface area contributed by atoms with Gasteiger partial charge in [-0.2, -0.15) is 4.31 Å². The van der Waals surface area contributed by atoms with E-state index in [9.17, 15) is 12.8 Å². The SMILES string of the molecule is O=S(=O)(c1cccc(NCc2nnc(-c3ccc(F)cc3)o2)c1)N1CCCCC1. The topological polar surface area (TPSA) is 88.3 Å². The minimum Gasteiger partial charge on any atom is -0.419 e. The molecule has 2 heterocycles. The van der Waals surface area contributed by atoms with E-state index in [1.807, 2.05) is 0 Å². The summed E-state index contributed by atoms with van der Waals surface area (Å²) >= 11 is 0. The van der Waals surface area contributed by atoms with Gasteiger partial charge in [0.05, 0.1) is 11.4 Å². The van der Waals surface area contributed by atoms with Crippen molar-refractivity contribution in [2.45, 2.75) is 30.7 Å². The van der Waals surface area contributed by atoms with Gasteiger partial charge in [0.15, 0.2) is 0 Å². The molecule has 1 aliphatic heterocycles. The molecule has 4 rings (SSSR count). The number of sulfonamides is 1. The van der Waals surface area contributed by atoms with Crippen LogP contribution in [0.5, 0.6) is 0 Å². The summed E-state index contributed by atoms with van der Waals surface area (Å²) in [4.78, 5) is 0.266. The van der Waals surface area contributed by atoms with Crippen molar-refractivity contribution in [3.05, 3.63) is 60.2 Å². The maximum Gasteiger partial charge on any atom is 0.247 e. The van der Waals surface area contributed by atoms with Crippen LogP contribution in [0.2, 0.25) is 0 Å². The molecule has 0 atom stereocenters. The standard InChI is InChI=1S/C20H21FN4O3S/c21-16-9-7-15(8-10-16)20-24-23-19(28-20)14-22-17-5-4-6-18(13-17)29(26,27)25-11-2-1-3-12-25/h4-10,13,22H,1-3,11-12,14H2. The average Bonchev–Trinajstić information content (AvgIpc) is 3.23. The first-order valence-corrected chi connectivity index (χ1v) is 10.9. The maximum atomic E-state index is 13.0. The highest BCUT2D eigenvalue weighted by atomic mass is 32.2. The molecule has 3 aromatic rings. The number of anilines is 1. The number of aromatic nitrogens is 2. The molecule has 7 nitrogen and oxygen atoms in total. The van der Waals surface area contributed by atoms with Crippen molar-refractivity contribution in [2.75, 3.05) is 18.4 Å². The van der Waals surface area contributed by atoms with Crippen molar-refractivity contribution in [2.24, 2.45) is 0 Å². The van der Waals surface area contributed by atoms with Crippen LogP contribution in [0, 0.1) is 5.82 Å². The van der Waals surface area contributed by atoms with Crippen LogP contribution in [0.4, 0.5) is 10.1 Å². The summed E-state index contributed by atoms with van der Waals surface area (Å²) in [6, 6.07) is 12.5. The second-order valence-corrected chi connectivity index (χ2v) is 8.79. The highest BCUT2D eigenvalue weighted by Gasteiger charge is 2.26. The molecule has 1 fully saturated rings. The van der Waals surface area contributed by atoms with E-state index < -0.39 is 10.0 Å². The summed E-state index contributed by atoms with van der Waals surface area (Å²) in [5, 5.41) is 11.1. The van der Waals surface area contributed by atoms with Gasteiger partial charge < -0.3 is 9.73 Å². The zero-order chi connectivity index (χ0) is 20.3. The zero-order valence-corrected chi connectivity index (χ0v) is 16.5. The third kappa shape index (κ3) is 4.46. The van der Waals surface area contributed by atoms with Crippen molar-refractivity contribution >= 4 is 15.7 Å². The van der Waals surface area contributed by atoms with Gasteiger partial charge in [-0.25, -0.2) is 12.8 Å². The molecule has 1 N–H and O–H groups in total. The van der Waals surface area contributed by atoms with Crippen molar-refractivity contribution in [1.29, 1.82) is 0 Å². The highest BCUT2D eigenvalue weighted by molar-refractivity contribution is 7.89. The van der Waals surface area contributed by atoms with E-state index in [2.05, 4.69) is 15.5 Å². The van der Waals surface area contributed by atoms with Crippen LogP contribution in [0.25, 0.3) is 11.5 Å². The van der Waals surface area contributed by atoms with E-state index in [1.54, 1.807) is 40.7 Å². The molecule has 1 aliphatic rings. The molecule has 0 unspecified atom stereocenters. The molecule has 29 heavy (non-hydrogen) atoms. The van der Waals surface area contributed by atoms with Gasteiger partial charge in [-0.1, -0.05) is 12.5 Å². The molecule has 0 radical (unpaired) electrons. The molecular formula is C20H21FN4O3S. The van der Waals surface area contributed by atoms with Gasteiger partial charge in [0, 0.05) is 24.3 Å². The lowest BCUT2D eigenvalue weighted by molar-refractivity contribution is 0.346. The minimum atomic E-state index is -3.49. The number of benzene rings is 2. The molecule has 152 valence electrons. The minimum absolute atomic E-state index is 0.238. The summed E-state index contributed by atoms with van der Waals surface area (Å²) in [6.07, 6.45) is 2.85. The number of hydrogen-bond acceptors (Lipinski definition) is 6. The Bertz CT molecular complexity index is 1080. The summed E-state index contributed by atoms with van der Waals surface area (Å²) in [5.74, 6) is 0.298. The van der Waals surface area contributed by atoms with Crippen molar-refractivity contribution in [3.63, 3.8) is 0 Å². The first-order valence-electron chi connectivity index (χ1n) is 9.45. The van der Waals surface area contributed by atoms with Gasteiger partial charge in [-0.15, -0.1) is 10.2 Å². The van der Waals surface area contributed by atoms with Crippen LogP contribution in [0.1, 0.15) is 25.2 Å². The monoisotopic (exact) mass is 416 g/mol. The van der Waals surface area contributed by atoms with E-state index in [0.29, 0.717) is 36.1 Å². The lowest BCUT2D eigenvalue weighted by Gasteiger charge is -2.26. The molecular weight excluding hydrogens is 395 g/mol. The molecule has 9 heteroatoms. The smallest absolute Gasteiger partial charge is 0.247 e. The molecule has 2 aromatic carbocycles. The van der Waals surface area contributed by atoms with Crippen molar-refractivity contribution in [1.82, 2.24) is 14.5 Å². The number of nitrogens with zero attached hydrogens (tertiary/aromatic N) is 3. The van der Waals surface area contributed by atoms with Gasteiger partial charge in [-0.3, -0.25) is 0 Å². The fourth-order valence-electron chi connectivity index (χ4n) is 3.23. The Balaban J connectivity index is 1.44. The van der Waals surface area contributed by atoms with E-state index >= 15 is 0 Å². The van der Waals surface area contributed by atoms with Gasteiger partial charge in [0.25, 0.3) is 0 Å². The Morgan fingerprint density at radius 2 is 1.79 bits per heavy atom. The van der Waals surface area contributed by atoms with Crippen molar-refractivity contribution < 1.29 is 17.2 Å². The first kappa shape index (κ1) is 19.5. The maximum absolute atomic E-state index is 13.0. The van der Waals surface area contributed by atoms with Crippen LogP contribution in [-0.4, -0.2) is 36.0 Å². The van der Waals surface area contributed by atoms with Crippen LogP contribution in [-0.2, 0) is 16.6 Å². The summed E-state index contributed by atoms with van der Waals surface area (Å²) in [7, 11) is -3.49. The van der Waals surface area contributed by atoms with Gasteiger partial charge in [0.1, 0.15) is 5.82 Å². The van der Waals surface area contributed by atoms with Crippen LogP contribution < -0.4 is 5.32 Å². The summed E-state index contributed by atoms with van der Waals surface area (Å²) in [6.45, 7) is 1.36. The molecule has 0 bridgehead atoms. The Morgan fingerprint density at radius 1 is 1.03 bits per heavy atom. The molecule has 0 saturated carbocycles. The highest BCUT2D eigenvalue weighted by Crippen LogP contribution is 2.23. The van der Waals surface area contributed by atoms with Gasteiger partial charge >= 0.3 is 0 Å². The fraction of sp³-hybridized carbons (Fsp3) is 0.300. The van der Waals surface area contributed by atoms with Crippen molar-refractivity contribution in [3.8, 4) is 11.5 Å². The number of nitrogens with one attached hydrogen (secondary N) is 1. The number of hydrogen-bond donors (Lipinski definition) is 1. The average molecular weight is 416 g/mol. The van der Waals surface area contributed by atoms with E-state index in [0.717, 1.165) is 19.3 Å². The molecule has 0 aliphatic carbocycles. The number of piperidine rings is 1. The van der Waals surface area contributed by atoms with E-state index in [1.165, 1.54) is 12.1 Å². The lowest BCUT2D eigenvalue weighted by Crippen LogP contribution is -2.35. The number of rotatable bonds is 6. The Kier molecular flexibility index (Phi) is 5.59. The Morgan fingerprint density at radius 3 is 2.55 bits per heavy atom. The molecule has 0 spiro atoms. The van der Waals surface area contributed by atoms with Crippen LogP contribution in [0.3, 0.4) is 0 Å². The zero-order valence-electron chi connectivity index (χ0n) is 15.7.